The van der Waals surface area contributed by atoms with Crippen LogP contribution in [0.15, 0.2) is 33.8 Å². The molecule has 2 aromatic rings. The lowest BCUT2D eigenvalue weighted by Gasteiger charge is -2.16. The van der Waals surface area contributed by atoms with E-state index in [1.807, 2.05) is 17.8 Å². The summed E-state index contributed by atoms with van der Waals surface area (Å²) in [4.78, 5) is 2.45. The molecule has 2 aliphatic heterocycles. The zero-order valence-electron chi connectivity index (χ0n) is 15.8. The number of nitrogens with zero attached hydrogens (tertiary/aromatic N) is 4. The number of halogens is 1. The van der Waals surface area contributed by atoms with Gasteiger partial charge in [-0.3, -0.25) is 0 Å². The fourth-order valence-electron chi connectivity index (χ4n) is 4.13. The zero-order valence-corrected chi connectivity index (χ0v) is 18.2. The van der Waals surface area contributed by atoms with Gasteiger partial charge in [-0.2, -0.15) is 5.26 Å². The standard InChI is InChI=1S/C21H24BrN4S/c1-3-24-10-11-27-20(24)8-7-15-6-5-9-26-18-12-16(14-23)17(22)13-19(18)25(4-2)21(15)26/h7-8,12-13H,3-6,9-11H2,1-2H3/q+1. The van der Waals surface area contributed by atoms with Crippen LogP contribution in [0.25, 0.3) is 16.6 Å². The van der Waals surface area contributed by atoms with Crippen molar-refractivity contribution in [2.75, 3.05) is 18.8 Å². The highest BCUT2D eigenvalue weighted by atomic mass is 79.9. The minimum absolute atomic E-state index is 0.699. The Balaban J connectivity index is 1.87. The van der Waals surface area contributed by atoms with Crippen LogP contribution in [0.4, 0.5) is 0 Å². The van der Waals surface area contributed by atoms with E-state index < -0.39 is 0 Å². The molecule has 0 amide bonds. The summed E-state index contributed by atoms with van der Waals surface area (Å²) >= 11 is 5.52. The fourth-order valence-corrected chi connectivity index (χ4v) is 5.64. The lowest BCUT2D eigenvalue weighted by molar-refractivity contribution is -0.678. The molecule has 0 N–H and O–H groups in total. The van der Waals surface area contributed by atoms with Crippen LogP contribution in [0.2, 0.25) is 0 Å². The van der Waals surface area contributed by atoms with Crippen LogP contribution in [0, 0.1) is 11.3 Å². The highest BCUT2D eigenvalue weighted by Gasteiger charge is 2.31. The van der Waals surface area contributed by atoms with Crippen LogP contribution in [-0.4, -0.2) is 28.3 Å². The van der Waals surface area contributed by atoms with Gasteiger partial charge in [0.2, 0.25) is 0 Å². The number of imidazole rings is 1. The van der Waals surface area contributed by atoms with E-state index in [0.29, 0.717) is 5.56 Å². The molecular weight excluding hydrogens is 420 g/mol. The normalized spacial score (nSPS) is 19.9. The van der Waals surface area contributed by atoms with Crippen LogP contribution in [0.3, 0.4) is 0 Å². The fraction of sp³-hybridized carbons (Fsp3) is 0.429. The molecule has 0 unspecified atom stereocenters. The van der Waals surface area contributed by atoms with Gasteiger partial charge in [0.15, 0.2) is 11.0 Å². The maximum Gasteiger partial charge on any atom is 0.285 e. The monoisotopic (exact) mass is 443 g/mol. The largest absolute Gasteiger partial charge is 0.366 e. The van der Waals surface area contributed by atoms with Crippen LogP contribution in [-0.2, 0) is 13.1 Å². The Hall–Kier alpha value is -1.71. The summed E-state index contributed by atoms with van der Waals surface area (Å²) in [5, 5.41) is 10.8. The number of rotatable bonds is 3. The summed E-state index contributed by atoms with van der Waals surface area (Å²) in [6.45, 7) is 8.57. The minimum atomic E-state index is 0.699. The van der Waals surface area contributed by atoms with Gasteiger partial charge in [-0.25, -0.2) is 9.13 Å². The third kappa shape index (κ3) is 3.21. The summed E-state index contributed by atoms with van der Waals surface area (Å²) in [7, 11) is 0. The van der Waals surface area contributed by atoms with Crippen molar-refractivity contribution in [1.29, 1.82) is 5.26 Å². The smallest absolute Gasteiger partial charge is 0.285 e. The predicted octanol–water partition coefficient (Wildman–Crippen LogP) is 4.67. The number of hydrogen-bond acceptors (Lipinski definition) is 3. The number of allylic oxidation sites excluding steroid dienone is 3. The van der Waals surface area contributed by atoms with E-state index in [2.05, 4.69) is 68.1 Å². The Bertz CT molecular complexity index is 996. The number of thioether (sulfide) groups is 1. The molecule has 1 fully saturated rings. The molecule has 27 heavy (non-hydrogen) atoms. The Kier molecular flexibility index (Phi) is 5.34. The van der Waals surface area contributed by atoms with Gasteiger partial charge in [0, 0.05) is 41.0 Å². The topological polar surface area (TPSA) is 35.8 Å². The zero-order chi connectivity index (χ0) is 19.0. The van der Waals surface area contributed by atoms with E-state index in [4.69, 9.17) is 0 Å². The molecule has 6 heteroatoms. The second-order valence-electron chi connectivity index (χ2n) is 6.88. The molecule has 1 aromatic heterocycles. The molecule has 1 aromatic carbocycles. The molecule has 0 aliphatic carbocycles. The first-order valence-corrected chi connectivity index (χ1v) is 11.4. The molecule has 0 radical (unpaired) electrons. The van der Waals surface area contributed by atoms with Gasteiger partial charge in [0.1, 0.15) is 6.07 Å². The van der Waals surface area contributed by atoms with Gasteiger partial charge in [-0.05, 0) is 54.8 Å². The van der Waals surface area contributed by atoms with E-state index >= 15 is 0 Å². The number of aromatic nitrogens is 2. The van der Waals surface area contributed by atoms with E-state index in [1.54, 1.807) is 0 Å². The minimum Gasteiger partial charge on any atom is -0.366 e. The van der Waals surface area contributed by atoms with Crippen LogP contribution >= 0.6 is 27.7 Å². The SMILES string of the molecule is CCN1CCSC1=CC=C1CCC[n+]2c1n(CC)c1cc(Br)c(C#N)cc12. The number of hydrogen-bond donors (Lipinski definition) is 0. The molecule has 0 atom stereocenters. The maximum absolute atomic E-state index is 9.43. The second kappa shape index (κ2) is 7.73. The van der Waals surface area contributed by atoms with E-state index in [1.165, 1.54) is 27.7 Å². The molecule has 4 rings (SSSR count). The van der Waals surface area contributed by atoms with Crippen LogP contribution in [0.5, 0.6) is 0 Å². The summed E-state index contributed by atoms with van der Waals surface area (Å²) in [5.41, 5.74) is 4.45. The van der Waals surface area contributed by atoms with E-state index in [-0.39, 0.29) is 0 Å². The number of fused-ring (bicyclic) bond motifs is 3. The molecule has 0 bridgehead atoms. The number of aryl methyl sites for hydroxylation is 2. The van der Waals surface area contributed by atoms with Gasteiger partial charge in [-0.15, -0.1) is 11.8 Å². The Morgan fingerprint density at radius 1 is 1.30 bits per heavy atom. The summed E-state index contributed by atoms with van der Waals surface area (Å²) in [5.74, 6) is 2.48. The van der Waals surface area contributed by atoms with Crippen molar-refractivity contribution in [2.24, 2.45) is 0 Å². The van der Waals surface area contributed by atoms with Crippen molar-refractivity contribution in [3.05, 3.63) is 45.2 Å². The third-order valence-corrected chi connectivity index (χ3v) is 7.17. The lowest BCUT2D eigenvalue weighted by Crippen LogP contribution is -2.40. The van der Waals surface area contributed by atoms with Gasteiger partial charge < -0.3 is 4.90 Å². The van der Waals surface area contributed by atoms with Gasteiger partial charge >= 0.3 is 0 Å². The Morgan fingerprint density at radius 3 is 2.89 bits per heavy atom. The van der Waals surface area contributed by atoms with Crippen molar-refractivity contribution < 1.29 is 4.57 Å². The second-order valence-corrected chi connectivity index (χ2v) is 8.85. The predicted molar refractivity (Wildman–Crippen MR) is 115 cm³/mol. The molecular formula is C21H24BrN4S+. The Morgan fingerprint density at radius 2 is 2.15 bits per heavy atom. The first kappa shape index (κ1) is 18.6. The van der Waals surface area contributed by atoms with E-state index in [9.17, 15) is 5.26 Å². The number of nitriles is 1. The van der Waals surface area contributed by atoms with Crippen molar-refractivity contribution in [3.8, 4) is 6.07 Å². The van der Waals surface area contributed by atoms with Crippen molar-refractivity contribution in [1.82, 2.24) is 9.47 Å². The molecule has 1 saturated heterocycles. The first-order valence-electron chi connectivity index (χ1n) is 9.62. The molecule has 2 aliphatic rings. The van der Waals surface area contributed by atoms with Crippen LogP contribution < -0.4 is 4.57 Å². The average Bonchev–Trinajstić information content (AvgIpc) is 3.27. The van der Waals surface area contributed by atoms with Crippen molar-refractivity contribution >= 4 is 44.3 Å². The molecule has 4 nitrogen and oxygen atoms in total. The molecule has 0 spiro atoms. The van der Waals surface area contributed by atoms with Gasteiger partial charge in [0.05, 0.1) is 23.7 Å². The van der Waals surface area contributed by atoms with Crippen molar-refractivity contribution in [3.63, 3.8) is 0 Å². The summed E-state index contributed by atoms with van der Waals surface area (Å²) < 4.78 is 5.67. The first-order chi connectivity index (χ1) is 13.2. The average molecular weight is 444 g/mol. The maximum atomic E-state index is 9.43. The highest BCUT2D eigenvalue weighted by molar-refractivity contribution is 9.10. The summed E-state index contributed by atoms with van der Waals surface area (Å²) in [6, 6.07) is 6.44. The quantitative estimate of drug-likeness (QED) is 0.646. The molecule has 0 saturated carbocycles. The van der Waals surface area contributed by atoms with Crippen LogP contribution in [0.1, 0.15) is 38.1 Å². The molecule has 140 valence electrons. The van der Waals surface area contributed by atoms with E-state index in [0.717, 1.165) is 49.0 Å². The Labute approximate surface area is 173 Å². The number of benzene rings is 1. The van der Waals surface area contributed by atoms with Gasteiger partial charge in [-0.1, -0.05) is 0 Å². The highest BCUT2D eigenvalue weighted by Crippen LogP contribution is 2.32. The van der Waals surface area contributed by atoms with Gasteiger partial charge in [0.25, 0.3) is 5.82 Å². The molecule has 3 heterocycles. The third-order valence-electron chi connectivity index (χ3n) is 5.44. The summed E-state index contributed by atoms with van der Waals surface area (Å²) in [6.07, 6.45) is 6.87. The lowest BCUT2D eigenvalue weighted by atomic mass is 10.1. The van der Waals surface area contributed by atoms with Crippen molar-refractivity contribution in [2.45, 2.75) is 39.8 Å².